The third-order valence-electron chi connectivity index (χ3n) is 9.78. The third kappa shape index (κ3) is 4.53. The maximum absolute atomic E-state index is 10.8. The number of hydrogen-bond acceptors (Lipinski definition) is 4. The van der Waals surface area contributed by atoms with Gasteiger partial charge in [0.1, 0.15) is 17.6 Å². The molecule has 0 bridgehead atoms. The first-order chi connectivity index (χ1) is 24.0. The Bertz CT molecular complexity index is 2740. The largest absolute Gasteiger partial charge is 0.497 e. The van der Waals surface area contributed by atoms with Crippen LogP contribution in [-0.2, 0) is 6.42 Å². The summed E-state index contributed by atoms with van der Waals surface area (Å²) in [5, 5.41) is 27.6. The summed E-state index contributed by atoms with van der Waals surface area (Å²) in [6, 6.07) is 33.6. The van der Waals surface area contributed by atoms with Crippen LogP contribution in [0.1, 0.15) is 24.5 Å². The first kappa shape index (κ1) is 29.9. The Hall–Kier alpha value is -6.50. The van der Waals surface area contributed by atoms with Crippen LogP contribution in [-0.4, -0.2) is 23.4 Å². The Morgan fingerprint density at radius 2 is 1.41 bits per heavy atom. The monoisotopic (exact) mass is 636 g/mol. The number of hydrogen-bond donors (Lipinski definition) is 0. The van der Waals surface area contributed by atoms with E-state index in [0.29, 0.717) is 22.5 Å². The van der Waals surface area contributed by atoms with Gasteiger partial charge in [-0.25, -0.2) is 0 Å². The number of benzene rings is 5. The zero-order chi connectivity index (χ0) is 33.8. The van der Waals surface area contributed by atoms with E-state index in [-0.39, 0.29) is 0 Å². The highest BCUT2D eigenvalue weighted by Gasteiger charge is 2.22. The number of rotatable bonds is 6. The number of aromatic nitrogens is 2. The number of nitrogens with zero attached hydrogens (tertiary/aromatic N) is 4. The molecule has 6 nitrogen and oxygen atoms in total. The standard InChI is InChI=1S/C43H32N4O2/c1-26(24-44)41(47-38-20-16-32(49-4)23-36(38)43-34-12-8-6-10-29(34)14-18-40(43)47)21-30(25-45)27(2)46-37-19-15-31(48-3)22-35(37)42-33-11-7-5-9-28(33)13-17-39(42)46/h5-7,9-11,13-23H,2,8,12H2,1,3-4H3/b30-21-,41-26-. The van der Waals surface area contributed by atoms with Gasteiger partial charge >= 0.3 is 0 Å². The molecule has 5 aromatic carbocycles. The SMILES string of the molecule is C=C(/C(C#N)=C\C(=C(/C)C#N)n1c2ccc(OC)cc2c2c3c(ccc21)C=CCC3)n1c2ccc(OC)cc2c2c3ccccc3ccc21. The summed E-state index contributed by atoms with van der Waals surface area (Å²) in [5.41, 5.74) is 8.15. The molecule has 0 aliphatic heterocycles. The van der Waals surface area contributed by atoms with Crippen LogP contribution < -0.4 is 9.47 Å². The Labute approximate surface area is 283 Å². The highest BCUT2D eigenvalue weighted by atomic mass is 16.5. The minimum Gasteiger partial charge on any atom is -0.497 e. The van der Waals surface area contributed by atoms with Gasteiger partial charge in [-0.1, -0.05) is 55.1 Å². The lowest BCUT2D eigenvalue weighted by Crippen LogP contribution is -2.03. The highest BCUT2D eigenvalue weighted by Crippen LogP contribution is 2.42. The van der Waals surface area contributed by atoms with Gasteiger partial charge in [-0.3, -0.25) is 0 Å². The molecule has 1 aliphatic carbocycles. The molecule has 7 aromatic rings. The molecule has 2 aromatic heterocycles. The van der Waals surface area contributed by atoms with Crippen LogP contribution in [0.15, 0.2) is 115 Å². The van der Waals surface area contributed by atoms with Crippen LogP contribution in [0, 0.1) is 22.7 Å². The Balaban J connectivity index is 1.40. The van der Waals surface area contributed by atoms with Crippen LogP contribution in [0.4, 0.5) is 0 Å². The van der Waals surface area contributed by atoms with Gasteiger partial charge in [0, 0.05) is 21.5 Å². The smallest absolute Gasteiger partial charge is 0.119 e. The van der Waals surface area contributed by atoms with Gasteiger partial charge in [-0.15, -0.1) is 0 Å². The fourth-order valence-corrected chi connectivity index (χ4v) is 7.45. The highest BCUT2D eigenvalue weighted by molar-refractivity contribution is 6.22. The molecule has 0 saturated heterocycles. The Kier molecular flexibility index (Phi) is 7.09. The molecule has 0 N–H and O–H groups in total. The van der Waals surface area contributed by atoms with E-state index >= 15 is 0 Å². The molecule has 2 heterocycles. The lowest BCUT2D eigenvalue weighted by atomic mass is 9.93. The molecule has 236 valence electrons. The van der Waals surface area contributed by atoms with Crippen molar-refractivity contribution in [1.29, 1.82) is 10.5 Å². The van der Waals surface area contributed by atoms with E-state index in [1.807, 2.05) is 53.1 Å². The normalized spacial score (nSPS) is 13.4. The van der Waals surface area contributed by atoms with E-state index in [2.05, 4.69) is 77.9 Å². The number of methoxy groups -OCH3 is 2. The summed E-state index contributed by atoms with van der Waals surface area (Å²) >= 11 is 0. The van der Waals surface area contributed by atoms with Gasteiger partial charge < -0.3 is 18.6 Å². The summed E-state index contributed by atoms with van der Waals surface area (Å²) in [6.45, 7) is 6.31. The van der Waals surface area contributed by atoms with Gasteiger partial charge in [0.25, 0.3) is 0 Å². The molecule has 0 atom stereocenters. The summed E-state index contributed by atoms with van der Waals surface area (Å²) in [7, 11) is 3.33. The Morgan fingerprint density at radius 1 is 0.755 bits per heavy atom. The van der Waals surface area contributed by atoms with E-state index < -0.39 is 0 Å². The first-order valence-electron chi connectivity index (χ1n) is 16.2. The molecule has 1 aliphatic rings. The predicted octanol–water partition coefficient (Wildman–Crippen LogP) is 10.4. The lowest BCUT2D eigenvalue weighted by molar-refractivity contribution is 0.415. The van der Waals surface area contributed by atoms with Crippen LogP contribution in [0.5, 0.6) is 11.5 Å². The number of nitriles is 2. The van der Waals surface area contributed by atoms with E-state index in [0.717, 1.165) is 78.7 Å². The van der Waals surface area contributed by atoms with Crippen molar-refractivity contribution in [3.63, 3.8) is 0 Å². The molecular formula is C43H32N4O2. The van der Waals surface area contributed by atoms with Crippen LogP contribution >= 0.6 is 0 Å². The molecule has 0 radical (unpaired) electrons. The molecular weight excluding hydrogens is 604 g/mol. The van der Waals surface area contributed by atoms with Crippen LogP contribution in [0.25, 0.3) is 71.9 Å². The van der Waals surface area contributed by atoms with E-state index in [1.165, 1.54) is 11.1 Å². The fraction of sp³-hybridized carbons (Fsp3) is 0.116. The molecule has 0 unspecified atom stereocenters. The van der Waals surface area contributed by atoms with E-state index in [4.69, 9.17) is 9.47 Å². The van der Waals surface area contributed by atoms with Crippen LogP contribution in [0.2, 0.25) is 0 Å². The molecule has 0 saturated carbocycles. The lowest BCUT2D eigenvalue weighted by Gasteiger charge is -2.15. The van der Waals surface area contributed by atoms with E-state index in [1.54, 1.807) is 21.1 Å². The van der Waals surface area contributed by atoms with Crippen LogP contribution in [0.3, 0.4) is 0 Å². The maximum Gasteiger partial charge on any atom is 0.119 e. The van der Waals surface area contributed by atoms with Gasteiger partial charge in [-0.2, -0.15) is 10.5 Å². The second kappa shape index (κ2) is 11.6. The first-order valence-corrected chi connectivity index (χ1v) is 16.2. The van der Waals surface area contributed by atoms with Gasteiger partial charge in [-0.05, 0) is 96.3 Å². The number of allylic oxidation sites excluding steroid dienone is 6. The summed E-state index contributed by atoms with van der Waals surface area (Å²) in [4.78, 5) is 0. The van der Waals surface area contributed by atoms with Crippen molar-refractivity contribution in [2.24, 2.45) is 0 Å². The molecule has 0 spiro atoms. The topological polar surface area (TPSA) is 75.9 Å². The molecule has 0 amide bonds. The van der Waals surface area contributed by atoms with Crippen molar-refractivity contribution >= 4 is 71.9 Å². The van der Waals surface area contributed by atoms with Gasteiger partial charge in [0.15, 0.2) is 0 Å². The Morgan fingerprint density at radius 3 is 2.12 bits per heavy atom. The molecule has 49 heavy (non-hydrogen) atoms. The number of ether oxygens (including phenoxy) is 2. The minimum atomic E-state index is 0.344. The van der Waals surface area contributed by atoms with Crippen molar-refractivity contribution in [3.8, 4) is 23.6 Å². The average molecular weight is 637 g/mol. The predicted molar refractivity (Wildman–Crippen MR) is 200 cm³/mol. The van der Waals surface area contributed by atoms with Gasteiger partial charge in [0.2, 0.25) is 0 Å². The van der Waals surface area contributed by atoms with Crippen molar-refractivity contribution in [2.75, 3.05) is 14.2 Å². The van der Waals surface area contributed by atoms with Gasteiger partial charge in [0.05, 0.1) is 64.9 Å². The van der Waals surface area contributed by atoms with Crippen molar-refractivity contribution in [1.82, 2.24) is 9.13 Å². The third-order valence-corrected chi connectivity index (χ3v) is 9.78. The second-order valence-electron chi connectivity index (χ2n) is 12.3. The minimum absolute atomic E-state index is 0.344. The fourth-order valence-electron chi connectivity index (χ4n) is 7.45. The summed E-state index contributed by atoms with van der Waals surface area (Å²) < 4.78 is 15.4. The average Bonchev–Trinajstić information content (AvgIpc) is 3.67. The van der Waals surface area contributed by atoms with Crippen molar-refractivity contribution < 1.29 is 9.47 Å². The molecule has 8 rings (SSSR count). The second-order valence-corrected chi connectivity index (χ2v) is 12.3. The summed E-state index contributed by atoms with van der Waals surface area (Å²) in [6.07, 6.45) is 8.08. The quantitative estimate of drug-likeness (QED) is 0.134. The zero-order valence-corrected chi connectivity index (χ0v) is 27.5. The molecule has 6 heteroatoms. The van der Waals surface area contributed by atoms with Crippen molar-refractivity contribution in [2.45, 2.75) is 19.8 Å². The number of aryl methyl sites for hydroxylation is 1. The zero-order valence-electron chi connectivity index (χ0n) is 27.5. The molecule has 0 fully saturated rings. The van der Waals surface area contributed by atoms with E-state index in [9.17, 15) is 10.5 Å². The maximum atomic E-state index is 10.8. The van der Waals surface area contributed by atoms with Crippen molar-refractivity contribution in [3.05, 3.63) is 126 Å². The number of fused-ring (bicyclic) bond motifs is 10. The summed E-state index contributed by atoms with van der Waals surface area (Å²) in [5.74, 6) is 1.51.